The van der Waals surface area contributed by atoms with Gasteiger partial charge >= 0.3 is 0 Å². The second-order valence-electron chi connectivity index (χ2n) is 0.849. The standard InChI is InChI=1S/C2H2IN3O/c3-5-2-4-1-7-6-2/h1H,(H,5,6). The zero-order valence-electron chi connectivity index (χ0n) is 3.26. The monoisotopic (exact) mass is 211 g/mol. The van der Waals surface area contributed by atoms with Crippen molar-refractivity contribution in [3.05, 3.63) is 6.39 Å². The zero-order chi connectivity index (χ0) is 5.11. The summed E-state index contributed by atoms with van der Waals surface area (Å²) in [5.74, 6) is 0.501. The van der Waals surface area contributed by atoms with E-state index in [9.17, 15) is 0 Å². The molecule has 0 aliphatic heterocycles. The Balaban J connectivity index is 2.76. The Morgan fingerprint density at radius 3 is 3.00 bits per heavy atom. The van der Waals surface area contributed by atoms with E-state index in [1.165, 1.54) is 6.39 Å². The van der Waals surface area contributed by atoms with E-state index in [2.05, 4.69) is 18.2 Å². The fourth-order valence-corrected chi connectivity index (χ4v) is 0.450. The van der Waals surface area contributed by atoms with Gasteiger partial charge in [-0.25, -0.2) is 0 Å². The molecule has 1 heterocycles. The van der Waals surface area contributed by atoms with E-state index < -0.39 is 0 Å². The topological polar surface area (TPSA) is 51.0 Å². The van der Waals surface area contributed by atoms with Gasteiger partial charge in [-0.3, -0.25) is 3.53 Å². The molecule has 4 nitrogen and oxygen atoms in total. The zero-order valence-corrected chi connectivity index (χ0v) is 5.42. The molecule has 1 rings (SSSR count). The van der Waals surface area contributed by atoms with Crippen molar-refractivity contribution >= 4 is 28.8 Å². The van der Waals surface area contributed by atoms with Crippen molar-refractivity contribution in [2.24, 2.45) is 0 Å². The predicted molar refractivity (Wildman–Crippen MR) is 31.9 cm³/mol. The molecule has 0 bridgehead atoms. The molecule has 0 aliphatic rings. The van der Waals surface area contributed by atoms with Gasteiger partial charge in [0.15, 0.2) is 0 Å². The van der Waals surface area contributed by atoms with Crippen LogP contribution in [0.25, 0.3) is 0 Å². The number of nitrogens with zero attached hydrogens (tertiary/aromatic N) is 2. The fraction of sp³-hybridized carbons (Fsp3) is 0. The van der Waals surface area contributed by atoms with Crippen molar-refractivity contribution in [2.45, 2.75) is 0 Å². The van der Waals surface area contributed by atoms with Crippen LogP contribution in [0.2, 0.25) is 0 Å². The summed E-state index contributed by atoms with van der Waals surface area (Å²) in [5.41, 5.74) is 0. The summed E-state index contributed by atoms with van der Waals surface area (Å²) in [7, 11) is 0. The molecule has 0 radical (unpaired) electrons. The summed E-state index contributed by atoms with van der Waals surface area (Å²) in [5, 5.41) is 3.43. The summed E-state index contributed by atoms with van der Waals surface area (Å²) in [6.45, 7) is 0. The molecular formula is C2H2IN3O. The first-order chi connectivity index (χ1) is 3.43. The number of hydrogen-bond acceptors (Lipinski definition) is 4. The van der Waals surface area contributed by atoms with E-state index in [0.29, 0.717) is 5.95 Å². The van der Waals surface area contributed by atoms with Gasteiger partial charge in [0.25, 0.3) is 5.95 Å². The molecule has 0 saturated heterocycles. The second-order valence-corrected chi connectivity index (χ2v) is 1.39. The van der Waals surface area contributed by atoms with Gasteiger partial charge in [0.05, 0.1) is 22.9 Å². The van der Waals surface area contributed by atoms with E-state index in [1.807, 2.05) is 22.9 Å². The first-order valence-corrected chi connectivity index (χ1v) is 2.64. The summed E-state index contributed by atoms with van der Waals surface area (Å²) < 4.78 is 7.04. The molecule has 0 aromatic carbocycles. The number of halogens is 1. The van der Waals surface area contributed by atoms with Crippen LogP contribution in [-0.2, 0) is 0 Å². The Morgan fingerprint density at radius 1 is 1.86 bits per heavy atom. The van der Waals surface area contributed by atoms with Gasteiger partial charge < -0.3 is 4.52 Å². The normalized spacial score (nSPS) is 8.71. The van der Waals surface area contributed by atoms with Gasteiger partial charge in [-0.2, -0.15) is 4.98 Å². The first kappa shape index (κ1) is 4.82. The van der Waals surface area contributed by atoms with Crippen LogP contribution in [-0.4, -0.2) is 10.1 Å². The summed E-state index contributed by atoms with van der Waals surface area (Å²) in [6, 6.07) is 0. The van der Waals surface area contributed by atoms with Gasteiger partial charge in [-0.15, -0.1) is 0 Å². The first-order valence-electron chi connectivity index (χ1n) is 1.56. The van der Waals surface area contributed by atoms with E-state index in [0.717, 1.165) is 0 Å². The van der Waals surface area contributed by atoms with Crippen molar-refractivity contribution in [1.82, 2.24) is 10.1 Å². The molecule has 0 spiro atoms. The Bertz CT molecular complexity index is 127. The quantitative estimate of drug-likeness (QED) is 0.552. The SMILES string of the molecule is INc1ncon1. The molecule has 7 heavy (non-hydrogen) atoms. The number of rotatable bonds is 1. The Morgan fingerprint density at radius 2 is 2.71 bits per heavy atom. The van der Waals surface area contributed by atoms with Gasteiger partial charge in [-0.05, 0) is 5.16 Å². The second kappa shape index (κ2) is 2.10. The van der Waals surface area contributed by atoms with Crippen LogP contribution in [0.15, 0.2) is 10.9 Å². The molecule has 0 fully saturated rings. The number of anilines is 1. The Labute approximate surface area is 53.8 Å². The predicted octanol–water partition coefficient (Wildman–Crippen LogP) is 0.831. The highest BCUT2D eigenvalue weighted by molar-refractivity contribution is 14.1. The minimum absolute atomic E-state index is 0.501. The molecule has 0 amide bonds. The lowest BCUT2D eigenvalue weighted by atomic mass is 11.1. The Kier molecular flexibility index (Phi) is 1.45. The van der Waals surface area contributed by atoms with E-state index in [1.54, 1.807) is 0 Å². The average molecular weight is 211 g/mol. The van der Waals surface area contributed by atoms with Gasteiger partial charge in [-0.1, -0.05) is 0 Å². The third kappa shape index (κ3) is 1.02. The molecule has 0 saturated carbocycles. The van der Waals surface area contributed by atoms with Crippen molar-refractivity contribution in [3.8, 4) is 0 Å². The molecule has 1 aromatic heterocycles. The molecule has 1 aromatic rings. The van der Waals surface area contributed by atoms with Crippen LogP contribution in [0.4, 0.5) is 5.95 Å². The lowest BCUT2D eigenvalue weighted by Crippen LogP contribution is -1.77. The van der Waals surface area contributed by atoms with Crippen molar-refractivity contribution in [2.75, 3.05) is 3.53 Å². The van der Waals surface area contributed by atoms with Crippen molar-refractivity contribution in [3.63, 3.8) is 0 Å². The minimum Gasteiger partial charge on any atom is -0.341 e. The van der Waals surface area contributed by atoms with E-state index in [-0.39, 0.29) is 0 Å². The third-order valence-electron chi connectivity index (χ3n) is 0.446. The molecule has 38 valence electrons. The fourth-order valence-electron chi connectivity index (χ4n) is 0.212. The third-order valence-corrected chi connectivity index (χ3v) is 0.928. The summed E-state index contributed by atoms with van der Waals surface area (Å²) >= 11 is 1.91. The summed E-state index contributed by atoms with van der Waals surface area (Å²) in [4.78, 5) is 3.64. The van der Waals surface area contributed by atoms with Crippen LogP contribution < -0.4 is 3.53 Å². The van der Waals surface area contributed by atoms with Crippen molar-refractivity contribution < 1.29 is 4.52 Å². The summed E-state index contributed by atoms with van der Waals surface area (Å²) in [6.07, 6.45) is 1.26. The molecule has 1 N–H and O–H groups in total. The maximum atomic E-state index is 4.38. The Hall–Kier alpha value is -0.330. The van der Waals surface area contributed by atoms with Crippen LogP contribution >= 0.6 is 22.9 Å². The van der Waals surface area contributed by atoms with Gasteiger partial charge in [0.2, 0.25) is 6.39 Å². The lowest BCUT2D eigenvalue weighted by molar-refractivity contribution is 0.419. The molecular weight excluding hydrogens is 209 g/mol. The number of hydrogen-bond donors (Lipinski definition) is 1. The largest absolute Gasteiger partial charge is 0.341 e. The average Bonchev–Trinajstić information content (AvgIpc) is 2.14. The number of aromatic nitrogens is 2. The molecule has 0 atom stereocenters. The van der Waals surface area contributed by atoms with Crippen LogP contribution in [0.1, 0.15) is 0 Å². The molecule has 5 heteroatoms. The van der Waals surface area contributed by atoms with Gasteiger partial charge in [0.1, 0.15) is 0 Å². The molecule has 0 aliphatic carbocycles. The van der Waals surface area contributed by atoms with Crippen LogP contribution in [0.5, 0.6) is 0 Å². The minimum atomic E-state index is 0.501. The van der Waals surface area contributed by atoms with E-state index in [4.69, 9.17) is 0 Å². The van der Waals surface area contributed by atoms with Crippen molar-refractivity contribution in [1.29, 1.82) is 0 Å². The molecule has 0 unspecified atom stereocenters. The highest BCUT2D eigenvalue weighted by Gasteiger charge is 1.87. The highest BCUT2D eigenvalue weighted by Crippen LogP contribution is 1.95. The maximum Gasteiger partial charge on any atom is 0.271 e. The number of nitrogens with one attached hydrogen (secondary N) is 1. The maximum absolute atomic E-state index is 4.38. The van der Waals surface area contributed by atoms with Gasteiger partial charge in [0, 0.05) is 0 Å². The highest BCUT2D eigenvalue weighted by atomic mass is 127. The van der Waals surface area contributed by atoms with E-state index >= 15 is 0 Å². The van der Waals surface area contributed by atoms with Crippen LogP contribution in [0, 0.1) is 0 Å². The lowest BCUT2D eigenvalue weighted by Gasteiger charge is -1.77. The van der Waals surface area contributed by atoms with Crippen LogP contribution in [0.3, 0.4) is 0 Å². The smallest absolute Gasteiger partial charge is 0.271 e.